The second kappa shape index (κ2) is 4.23. The molecule has 5 heteroatoms. The summed E-state index contributed by atoms with van der Waals surface area (Å²) in [5.74, 6) is -0.592. The molecule has 0 aromatic carbocycles. The molecule has 12 heavy (non-hydrogen) atoms. The van der Waals surface area contributed by atoms with Crippen molar-refractivity contribution in [1.29, 1.82) is 0 Å². The molecule has 1 heterocycles. The van der Waals surface area contributed by atoms with Gasteiger partial charge in [-0.2, -0.15) is 0 Å². The highest BCUT2D eigenvalue weighted by molar-refractivity contribution is 7.11. The molecule has 0 spiro atoms. The third-order valence-electron chi connectivity index (χ3n) is 1.08. The zero-order valence-corrected chi connectivity index (χ0v) is 7.60. The van der Waals surface area contributed by atoms with Crippen LogP contribution in [0.2, 0.25) is 0 Å². The molecule has 0 aliphatic heterocycles. The summed E-state index contributed by atoms with van der Waals surface area (Å²) < 4.78 is 0. The lowest BCUT2D eigenvalue weighted by Crippen LogP contribution is -1.93. The molecule has 0 fully saturated rings. The normalized spacial score (nSPS) is 10.8. The van der Waals surface area contributed by atoms with E-state index in [9.17, 15) is 4.79 Å². The van der Waals surface area contributed by atoms with Crippen molar-refractivity contribution < 1.29 is 9.90 Å². The molecule has 1 rings (SSSR count). The Morgan fingerprint density at radius 1 is 1.83 bits per heavy atom. The predicted molar refractivity (Wildman–Crippen MR) is 48.8 cm³/mol. The van der Waals surface area contributed by atoms with Gasteiger partial charge >= 0.3 is 5.97 Å². The molecular formula is C7H6ClNO2S. The van der Waals surface area contributed by atoms with Crippen LogP contribution in [0.3, 0.4) is 0 Å². The average Bonchev–Trinajstić information content (AvgIpc) is 2.48. The van der Waals surface area contributed by atoms with Crippen molar-refractivity contribution in [2.45, 2.75) is 0 Å². The van der Waals surface area contributed by atoms with Crippen molar-refractivity contribution >= 4 is 35.0 Å². The van der Waals surface area contributed by atoms with Crippen molar-refractivity contribution in [1.82, 2.24) is 4.98 Å². The van der Waals surface area contributed by atoms with Gasteiger partial charge in [-0.05, 0) is 6.08 Å². The van der Waals surface area contributed by atoms with E-state index in [1.54, 1.807) is 17.5 Å². The lowest BCUT2D eigenvalue weighted by Gasteiger charge is -1.81. The third-order valence-corrected chi connectivity index (χ3v) is 2.11. The Labute approximate surface area is 78.3 Å². The standard InChI is InChI=1S/C7H6ClNO2S/c8-3-1-2-5-4-12-6(9-5)7(10)11/h1-2,4H,3H2,(H,10,11). The van der Waals surface area contributed by atoms with E-state index in [1.165, 1.54) is 0 Å². The third kappa shape index (κ3) is 2.32. The van der Waals surface area contributed by atoms with Crippen LogP contribution in [0.25, 0.3) is 6.08 Å². The summed E-state index contributed by atoms with van der Waals surface area (Å²) in [5, 5.41) is 10.3. The van der Waals surface area contributed by atoms with Gasteiger partial charge in [0.1, 0.15) is 0 Å². The Morgan fingerprint density at radius 3 is 3.08 bits per heavy atom. The summed E-state index contributed by atoms with van der Waals surface area (Å²) in [6.07, 6.45) is 3.40. The number of aromatic nitrogens is 1. The summed E-state index contributed by atoms with van der Waals surface area (Å²) in [6, 6.07) is 0. The predicted octanol–water partition coefficient (Wildman–Crippen LogP) is 2.09. The minimum Gasteiger partial charge on any atom is -0.476 e. The molecule has 0 aliphatic carbocycles. The topological polar surface area (TPSA) is 50.2 Å². The first kappa shape index (κ1) is 9.22. The molecule has 0 amide bonds. The van der Waals surface area contributed by atoms with E-state index in [0.717, 1.165) is 11.3 Å². The van der Waals surface area contributed by atoms with E-state index < -0.39 is 5.97 Å². The molecule has 64 valence electrons. The van der Waals surface area contributed by atoms with Gasteiger partial charge < -0.3 is 5.11 Å². The molecule has 0 aliphatic rings. The molecule has 0 bridgehead atoms. The van der Waals surface area contributed by atoms with Crippen LogP contribution in [0.15, 0.2) is 11.5 Å². The summed E-state index contributed by atoms with van der Waals surface area (Å²) >= 11 is 6.50. The Kier molecular flexibility index (Phi) is 3.25. The van der Waals surface area contributed by atoms with Gasteiger partial charge in [-0.15, -0.1) is 22.9 Å². The molecule has 1 N–H and O–H groups in total. The maximum absolute atomic E-state index is 10.4. The van der Waals surface area contributed by atoms with Crippen molar-refractivity contribution in [3.8, 4) is 0 Å². The van der Waals surface area contributed by atoms with Gasteiger partial charge in [-0.25, -0.2) is 9.78 Å². The van der Waals surface area contributed by atoms with Gasteiger partial charge in [0.15, 0.2) is 0 Å². The molecule has 0 radical (unpaired) electrons. The van der Waals surface area contributed by atoms with Crippen molar-refractivity contribution in [3.63, 3.8) is 0 Å². The second-order valence-corrected chi connectivity index (χ2v) is 3.11. The van der Waals surface area contributed by atoms with Gasteiger partial charge in [0.2, 0.25) is 5.01 Å². The maximum atomic E-state index is 10.4. The fourth-order valence-electron chi connectivity index (χ4n) is 0.626. The second-order valence-electron chi connectivity index (χ2n) is 1.94. The molecule has 0 unspecified atom stereocenters. The van der Waals surface area contributed by atoms with Crippen LogP contribution in [0.5, 0.6) is 0 Å². The van der Waals surface area contributed by atoms with Crippen LogP contribution < -0.4 is 0 Å². The first-order chi connectivity index (χ1) is 5.74. The first-order valence-electron chi connectivity index (χ1n) is 3.15. The number of aromatic carboxylic acids is 1. The van der Waals surface area contributed by atoms with E-state index in [2.05, 4.69) is 4.98 Å². The number of halogens is 1. The highest BCUT2D eigenvalue weighted by Crippen LogP contribution is 2.10. The number of carboxylic acids is 1. The highest BCUT2D eigenvalue weighted by atomic mass is 35.5. The van der Waals surface area contributed by atoms with Crippen LogP contribution in [0.4, 0.5) is 0 Å². The fraction of sp³-hybridized carbons (Fsp3) is 0.143. The number of hydrogen-bond donors (Lipinski definition) is 1. The van der Waals surface area contributed by atoms with Crippen LogP contribution in [0.1, 0.15) is 15.5 Å². The molecule has 1 aromatic rings. The van der Waals surface area contributed by atoms with E-state index in [1.807, 2.05) is 0 Å². The first-order valence-corrected chi connectivity index (χ1v) is 4.57. The van der Waals surface area contributed by atoms with E-state index in [4.69, 9.17) is 16.7 Å². The van der Waals surface area contributed by atoms with Crippen LogP contribution in [-0.2, 0) is 0 Å². The molecule has 0 atom stereocenters. The fourth-order valence-corrected chi connectivity index (χ4v) is 1.34. The van der Waals surface area contributed by atoms with Crippen molar-refractivity contribution in [2.24, 2.45) is 0 Å². The molecule has 0 saturated heterocycles. The quantitative estimate of drug-likeness (QED) is 0.766. The summed E-state index contributed by atoms with van der Waals surface area (Å²) in [7, 11) is 0. The summed E-state index contributed by atoms with van der Waals surface area (Å²) in [5.41, 5.74) is 0.637. The highest BCUT2D eigenvalue weighted by Gasteiger charge is 2.06. The molecular weight excluding hydrogens is 198 g/mol. The zero-order chi connectivity index (χ0) is 8.97. The van der Waals surface area contributed by atoms with Gasteiger partial charge in [0.25, 0.3) is 0 Å². The van der Waals surface area contributed by atoms with Crippen LogP contribution in [0, 0.1) is 0 Å². The average molecular weight is 204 g/mol. The maximum Gasteiger partial charge on any atom is 0.365 e. The van der Waals surface area contributed by atoms with Gasteiger partial charge in [-0.1, -0.05) is 6.08 Å². The van der Waals surface area contributed by atoms with E-state index >= 15 is 0 Å². The number of thiazole rings is 1. The number of alkyl halides is 1. The Bertz CT molecular complexity index is 308. The number of nitrogens with zero attached hydrogens (tertiary/aromatic N) is 1. The number of rotatable bonds is 3. The van der Waals surface area contributed by atoms with Crippen molar-refractivity contribution in [2.75, 3.05) is 5.88 Å². The van der Waals surface area contributed by atoms with Gasteiger partial charge in [-0.3, -0.25) is 0 Å². The zero-order valence-electron chi connectivity index (χ0n) is 6.03. The Hall–Kier alpha value is -0.870. The SMILES string of the molecule is O=C(O)c1nc(C=CCCl)cs1. The molecule has 1 aromatic heterocycles. The smallest absolute Gasteiger partial charge is 0.365 e. The number of carbonyl (C=O) groups is 1. The number of allylic oxidation sites excluding steroid dienone is 1. The Morgan fingerprint density at radius 2 is 2.58 bits per heavy atom. The van der Waals surface area contributed by atoms with Crippen LogP contribution >= 0.6 is 22.9 Å². The van der Waals surface area contributed by atoms with Crippen molar-refractivity contribution in [3.05, 3.63) is 22.2 Å². The minimum absolute atomic E-state index is 0.101. The number of hydrogen-bond acceptors (Lipinski definition) is 3. The Balaban J connectivity index is 2.77. The van der Waals surface area contributed by atoms with E-state index in [-0.39, 0.29) is 5.01 Å². The monoisotopic (exact) mass is 203 g/mol. The lowest BCUT2D eigenvalue weighted by atomic mass is 10.4. The number of carboxylic acid groups (broad SMARTS) is 1. The van der Waals surface area contributed by atoms with Gasteiger partial charge in [0.05, 0.1) is 5.69 Å². The minimum atomic E-state index is -0.995. The summed E-state index contributed by atoms with van der Waals surface area (Å²) in [6.45, 7) is 0. The lowest BCUT2D eigenvalue weighted by molar-refractivity contribution is 0.0696. The van der Waals surface area contributed by atoms with E-state index in [0.29, 0.717) is 11.6 Å². The largest absolute Gasteiger partial charge is 0.476 e. The van der Waals surface area contributed by atoms with Crippen LogP contribution in [-0.4, -0.2) is 21.9 Å². The molecule has 3 nitrogen and oxygen atoms in total. The summed E-state index contributed by atoms with van der Waals surface area (Å²) in [4.78, 5) is 14.2. The van der Waals surface area contributed by atoms with Gasteiger partial charge in [0, 0.05) is 11.3 Å². The molecule has 0 saturated carbocycles.